The molecule has 2 heterocycles. The van der Waals surface area contributed by atoms with Crippen molar-refractivity contribution in [2.24, 2.45) is 0 Å². The van der Waals surface area contributed by atoms with Crippen molar-refractivity contribution in [2.75, 3.05) is 20.1 Å². The summed E-state index contributed by atoms with van der Waals surface area (Å²) in [5.74, 6) is 0.0118. The lowest BCUT2D eigenvalue weighted by molar-refractivity contribution is 0.0697. The zero-order chi connectivity index (χ0) is 15.5. The molecular weight excluding hydrogens is 312 g/mol. The van der Waals surface area contributed by atoms with Gasteiger partial charge in [0.25, 0.3) is 5.91 Å². The van der Waals surface area contributed by atoms with E-state index in [1.165, 1.54) is 5.56 Å². The van der Waals surface area contributed by atoms with E-state index in [1.807, 2.05) is 42.3 Å². The van der Waals surface area contributed by atoms with E-state index in [0.29, 0.717) is 11.7 Å². The lowest BCUT2D eigenvalue weighted by atomic mass is 10.0. The maximum atomic E-state index is 12.6. The van der Waals surface area contributed by atoms with E-state index in [-0.39, 0.29) is 18.3 Å². The van der Waals surface area contributed by atoms with E-state index < -0.39 is 0 Å². The number of piperidine rings is 1. The third-order valence-corrected chi connectivity index (χ3v) is 4.33. The van der Waals surface area contributed by atoms with Crippen LogP contribution in [0, 0.1) is 6.92 Å². The van der Waals surface area contributed by atoms with Crippen LogP contribution >= 0.6 is 12.4 Å². The molecule has 1 aromatic heterocycles. The van der Waals surface area contributed by atoms with Crippen molar-refractivity contribution in [2.45, 2.75) is 25.8 Å². The number of halogens is 1. The van der Waals surface area contributed by atoms with Gasteiger partial charge in [0.15, 0.2) is 0 Å². The zero-order valence-electron chi connectivity index (χ0n) is 13.5. The van der Waals surface area contributed by atoms with Gasteiger partial charge in [-0.25, -0.2) is 0 Å². The van der Waals surface area contributed by atoms with Gasteiger partial charge in [0.2, 0.25) is 0 Å². The number of carbonyl (C=O) groups excluding carboxylic acids is 1. The van der Waals surface area contributed by atoms with Crippen LogP contribution in [0.15, 0.2) is 30.3 Å². The number of aryl methyl sites for hydroxylation is 1. The predicted octanol–water partition coefficient (Wildman–Crippen LogP) is 2.63. The number of nitrogens with zero attached hydrogens (tertiary/aromatic N) is 2. The predicted molar refractivity (Wildman–Crippen MR) is 94.0 cm³/mol. The van der Waals surface area contributed by atoms with Gasteiger partial charge >= 0.3 is 0 Å². The molecule has 0 saturated carbocycles. The van der Waals surface area contributed by atoms with Crippen molar-refractivity contribution >= 4 is 18.3 Å². The quantitative estimate of drug-likeness (QED) is 0.907. The molecule has 2 N–H and O–H groups in total. The second-order valence-corrected chi connectivity index (χ2v) is 5.93. The fourth-order valence-electron chi connectivity index (χ4n) is 2.85. The summed E-state index contributed by atoms with van der Waals surface area (Å²) in [4.78, 5) is 14.4. The molecule has 0 atom stereocenters. The lowest BCUT2D eigenvalue weighted by Crippen LogP contribution is -2.44. The Morgan fingerprint density at radius 3 is 2.52 bits per heavy atom. The molecule has 1 amide bonds. The summed E-state index contributed by atoms with van der Waals surface area (Å²) >= 11 is 0. The minimum absolute atomic E-state index is 0. The topological polar surface area (TPSA) is 61.0 Å². The fraction of sp³-hybridized carbons (Fsp3) is 0.412. The standard InChI is InChI=1S/C17H22N4O.ClH/c1-12-3-5-13(6-4-12)15-11-16(20-19-15)17(22)21(2)14-7-9-18-10-8-14;/h3-6,11,14,18H,7-10H2,1-2H3,(H,19,20);1H. The monoisotopic (exact) mass is 334 g/mol. The minimum atomic E-state index is 0. The van der Waals surface area contributed by atoms with Crippen molar-refractivity contribution in [3.8, 4) is 11.3 Å². The Hall–Kier alpha value is -1.85. The van der Waals surface area contributed by atoms with Gasteiger partial charge in [0.05, 0.1) is 5.69 Å². The summed E-state index contributed by atoms with van der Waals surface area (Å²) in [6, 6.07) is 10.3. The molecule has 2 aromatic rings. The summed E-state index contributed by atoms with van der Waals surface area (Å²) in [5, 5.41) is 10.5. The Morgan fingerprint density at radius 2 is 1.87 bits per heavy atom. The summed E-state index contributed by atoms with van der Waals surface area (Å²) in [5.41, 5.74) is 3.59. The van der Waals surface area contributed by atoms with Crippen molar-refractivity contribution in [1.82, 2.24) is 20.4 Å². The Kier molecular flexibility index (Phi) is 5.80. The highest BCUT2D eigenvalue weighted by Gasteiger charge is 2.24. The van der Waals surface area contributed by atoms with Gasteiger partial charge in [-0.05, 0) is 38.9 Å². The normalized spacial score (nSPS) is 15.0. The molecule has 0 unspecified atom stereocenters. The van der Waals surface area contributed by atoms with E-state index in [4.69, 9.17) is 0 Å². The van der Waals surface area contributed by atoms with Gasteiger partial charge in [0, 0.05) is 18.7 Å². The number of H-pyrrole nitrogens is 1. The molecule has 1 aromatic carbocycles. The Labute approximate surface area is 142 Å². The van der Waals surface area contributed by atoms with Crippen molar-refractivity contribution in [3.63, 3.8) is 0 Å². The smallest absolute Gasteiger partial charge is 0.271 e. The average molecular weight is 335 g/mol. The van der Waals surface area contributed by atoms with Crippen LogP contribution in [0.25, 0.3) is 11.3 Å². The number of aromatic amines is 1. The molecule has 6 heteroatoms. The van der Waals surface area contributed by atoms with Crippen LogP contribution in [-0.4, -0.2) is 47.2 Å². The van der Waals surface area contributed by atoms with Crippen LogP contribution in [0.1, 0.15) is 28.9 Å². The molecule has 5 nitrogen and oxygen atoms in total. The molecule has 1 aliphatic heterocycles. The molecule has 0 spiro atoms. The van der Waals surface area contributed by atoms with Gasteiger partial charge in [-0.2, -0.15) is 5.10 Å². The molecule has 0 aliphatic carbocycles. The molecular formula is C17H23ClN4O. The first kappa shape index (κ1) is 17.5. The second kappa shape index (κ2) is 7.62. The second-order valence-electron chi connectivity index (χ2n) is 5.93. The van der Waals surface area contributed by atoms with Gasteiger partial charge in [-0.3, -0.25) is 9.89 Å². The summed E-state index contributed by atoms with van der Waals surface area (Å²) in [6.07, 6.45) is 2.00. The molecule has 0 radical (unpaired) electrons. The van der Waals surface area contributed by atoms with Gasteiger partial charge < -0.3 is 10.2 Å². The highest BCUT2D eigenvalue weighted by Crippen LogP contribution is 2.20. The van der Waals surface area contributed by atoms with E-state index in [9.17, 15) is 4.79 Å². The number of hydrogen-bond donors (Lipinski definition) is 2. The lowest BCUT2D eigenvalue weighted by Gasteiger charge is -2.31. The van der Waals surface area contributed by atoms with Crippen LogP contribution in [0.4, 0.5) is 0 Å². The minimum Gasteiger partial charge on any atom is -0.337 e. The molecule has 1 fully saturated rings. The van der Waals surface area contributed by atoms with Crippen LogP contribution in [-0.2, 0) is 0 Å². The number of hydrogen-bond acceptors (Lipinski definition) is 3. The number of amides is 1. The van der Waals surface area contributed by atoms with Gasteiger partial charge in [-0.1, -0.05) is 29.8 Å². The van der Waals surface area contributed by atoms with Crippen molar-refractivity contribution < 1.29 is 4.79 Å². The molecule has 1 aliphatic rings. The number of aromatic nitrogens is 2. The first-order valence-electron chi connectivity index (χ1n) is 7.75. The van der Waals surface area contributed by atoms with E-state index in [2.05, 4.69) is 22.4 Å². The number of nitrogens with one attached hydrogen (secondary N) is 2. The summed E-state index contributed by atoms with van der Waals surface area (Å²) in [6.45, 7) is 4.00. The van der Waals surface area contributed by atoms with Crippen LogP contribution in [0.2, 0.25) is 0 Å². The first-order valence-corrected chi connectivity index (χ1v) is 7.75. The average Bonchev–Trinajstić information content (AvgIpc) is 3.05. The largest absolute Gasteiger partial charge is 0.337 e. The first-order chi connectivity index (χ1) is 10.6. The molecule has 1 saturated heterocycles. The highest BCUT2D eigenvalue weighted by molar-refractivity contribution is 5.93. The summed E-state index contributed by atoms with van der Waals surface area (Å²) < 4.78 is 0. The molecule has 23 heavy (non-hydrogen) atoms. The Bertz CT molecular complexity index is 647. The van der Waals surface area contributed by atoms with Gasteiger partial charge in [-0.15, -0.1) is 12.4 Å². The molecule has 124 valence electrons. The number of rotatable bonds is 3. The Morgan fingerprint density at radius 1 is 1.22 bits per heavy atom. The maximum Gasteiger partial charge on any atom is 0.271 e. The maximum absolute atomic E-state index is 12.6. The van der Waals surface area contributed by atoms with E-state index in [1.54, 1.807) is 0 Å². The van der Waals surface area contributed by atoms with Crippen molar-refractivity contribution in [3.05, 3.63) is 41.6 Å². The van der Waals surface area contributed by atoms with Crippen LogP contribution in [0.3, 0.4) is 0 Å². The van der Waals surface area contributed by atoms with E-state index >= 15 is 0 Å². The van der Waals surface area contributed by atoms with Gasteiger partial charge in [0.1, 0.15) is 5.69 Å². The fourth-order valence-corrected chi connectivity index (χ4v) is 2.85. The Balaban J connectivity index is 0.00000192. The number of benzene rings is 1. The van der Waals surface area contributed by atoms with Crippen LogP contribution in [0.5, 0.6) is 0 Å². The SMILES string of the molecule is Cc1ccc(-c2cc(C(=O)N(C)C3CCNCC3)[nH]n2)cc1.Cl. The third-order valence-electron chi connectivity index (χ3n) is 4.33. The van der Waals surface area contributed by atoms with E-state index in [0.717, 1.165) is 37.2 Å². The van der Waals surface area contributed by atoms with Crippen LogP contribution < -0.4 is 5.32 Å². The third kappa shape index (κ3) is 3.92. The zero-order valence-corrected chi connectivity index (χ0v) is 14.3. The highest BCUT2D eigenvalue weighted by atomic mass is 35.5. The van der Waals surface area contributed by atoms with Crippen molar-refractivity contribution in [1.29, 1.82) is 0 Å². The molecule has 0 bridgehead atoms. The number of carbonyl (C=O) groups is 1. The summed E-state index contributed by atoms with van der Waals surface area (Å²) in [7, 11) is 1.88. The molecule has 3 rings (SSSR count).